The van der Waals surface area contributed by atoms with Crippen molar-refractivity contribution in [3.8, 4) is 17.2 Å². The lowest BCUT2D eigenvalue weighted by molar-refractivity contribution is -0.132. The van der Waals surface area contributed by atoms with Crippen molar-refractivity contribution in [3.63, 3.8) is 0 Å². The van der Waals surface area contributed by atoms with Crippen LogP contribution in [0, 0.1) is 11.3 Å². The Labute approximate surface area is 353 Å². The Morgan fingerprint density at radius 3 is 2.27 bits per heavy atom. The minimum absolute atomic E-state index is 0.0862. The molecule has 5 heterocycles. The maximum Gasteiger partial charge on any atom is 0.226 e. The van der Waals surface area contributed by atoms with Crippen LogP contribution in [0.15, 0.2) is 84.9 Å². The fourth-order valence-electron chi connectivity index (χ4n) is 11.0. The Morgan fingerprint density at radius 1 is 0.867 bits per heavy atom. The van der Waals surface area contributed by atoms with Crippen LogP contribution in [0.25, 0.3) is 0 Å². The third kappa shape index (κ3) is 8.04. The van der Waals surface area contributed by atoms with Gasteiger partial charge < -0.3 is 29.7 Å². The number of nitrogens with one attached hydrogen (secondary N) is 2. The molecule has 4 aromatic rings. The molecule has 1 aliphatic carbocycles. The van der Waals surface area contributed by atoms with E-state index in [4.69, 9.17) is 9.47 Å². The van der Waals surface area contributed by atoms with Crippen molar-refractivity contribution in [1.82, 2.24) is 15.5 Å². The number of aromatic hydroxyl groups is 1. The van der Waals surface area contributed by atoms with Gasteiger partial charge in [-0.1, -0.05) is 60.7 Å². The number of hydrogen-bond donors (Lipinski definition) is 3. The molecule has 10 heteroatoms. The lowest BCUT2D eigenvalue weighted by atomic mass is 9.65. The van der Waals surface area contributed by atoms with Gasteiger partial charge >= 0.3 is 0 Å². The second-order valence-electron chi connectivity index (χ2n) is 18.3. The quantitative estimate of drug-likeness (QED) is 0.123. The first kappa shape index (κ1) is 40.2. The number of hydrogen-bond acceptors (Lipinski definition) is 9. The van der Waals surface area contributed by atoms with E-state index < -0.39 is 0 Å². The number of anilines is 1. The van der Waals surface area contributed by atoms with Crippen LogP contribution >= 0.6 is 0 Å². The molecule has 60 heavy (non-hydrogen) atoms. The zero-order chi connectivity index (χ0) is 41.3. The molecule has 2 unspecified atom stereocenters. The molecule has 0 radical (unpaired) electrons. The number of benzene rings is 4. The zero-order valence-electron chi connectivity index (χ0n) is 34.8. The monoisotopic (exact) mass is 810 g/mol. The second kappa shape index (κ2) is 17.1. The summed E-state index contributed by atoms with van der Waals surface area (Å²) >= 11 is 0. The number of aldehydes is 1. The standard InChI is InChI=1S/C45H51N3O4.C5H7NO2/c1-46-24-38-34(26-49)9-14-40-43(38)52-30-45(40)19-21-47(22-20-45)25-31-15-17-44(18-16-31)28-48(29-44)35-10-7-33(8-11-35)42-37-13-12-36(50)23-41(37)51-27-39(42)32-5-3-2-4-6-32;7-4-2-1-3-5(8)6-4/h2-14,23,26,31,39,42,46,50H,15-22,24-25,27-30H2,1H3;1-3H2,(H,6,7,8). The van der Waals surface area contributed by atoms with E-state index in [0.717, 1.165) is 86.0 Å². The van der Waals surface area contributed by atoms with Crippen molar-refractivity contribution in [2.75, 3.05) is 57.9 Å². The molecule has 0 bridgehead atoms. The Morgan fingerprint density at radius 2 is 1.60 bits per heavy atom. The molecule has 2 atom stereocenters. The van der Waals surface area contributed by atoms with Gasteiger partial charge in [-0.2, -0.15) is 0 Å². The highest BCUT2D eigenvalue weighted by atomic mass is 16.5. The third-order valence-corrected chi connectivity index (χ3v) is 14.5. The molecule has 3 N–H and O–H groups in total. The summed E-state index contributed by atoms with van der Waals surface area (Å²) < 4.78 is 12.5. The highest BCUT2D eigenvalue weighted by Crippen LogP contribution is 2.51. The number of imide groups is 1. The molecule has 2 spiro atoms. The van der Waals surface area contributed by atoms with E-state index in [2.05, 4.69) is 81.1 Å². The first-order chi connectivity index (χ1) is 29.2. The number of fused-ring (bicyclic) bond motifs is 3. The minimum atomic E-state index is -0.138. The number of phenolic OH excluding ortho intramolecular Hbond substituents is 1. The summed E-state index contributed by atoms with van der Waals surface area (Å²) in [6.45, 7) is 7.78. The number of likely N-dealkylation sites (tertiary alicyclic amines) is 1. The smallest absolute Gasteiger partial charge is 0.226 e. The van der Waals surface area contributed by atoms with E-state index in [1.54, 1.807) is 12.1 Å². The molecule has 10 rings (SSSR count). The minimum Gasteiger partial charge on any atom is -0.508 e. The van der Waals surface area contributed by atoms with E-state index in [-0.39, 0.29) is 34.8 Å². The lowest BCUT2D eigenvalue weighted by Gasteiger charge is -2.55. The number of piperidine rings is 2. The first-order valence-electron chi connectivity index (χ1n) is 22.0. The van der Waals surface area contributed by atoms with Gasteiger partial charge in [0, 0.05) is 95.7 Å². The number of carbonyl (C=O) groups excluding carboxylic acids is 3. The molecule has 6 aliphatic rings. The van der Waals surface area contributed by atoms with Gasteiger partial charge in [0.2, 0.25) is 11.8 Å². The summed E-state index contributed by atoms with van der Waals surface area (Å²) in [7, 11) is 1.92. The lowest BCUT2D eigenvalue weighted by Crippen LogP contribution is -2.58. The molecule has 10 nitrogen and oxygen atoms in total. The summed E-state index contributed by atoms with van der Waals surface area (Å²) in [6.07, 6.45) is 10.3. The van der Waals surface area contributed by atoms with Gasteiger partial charge in [-0.15, -0.1) is 0 Å². The summed E-state index contributed by atoms with van der Waals surface area (Å²) in [5, 5.41) is 15.6. The van der Waals surface area contributed by atoms with E-state index >= 15 is 0 Å². The molecule has 5 aliphatic heterocycles. The van der Waals surface area contributed by atoms with Crippen LogP contribution < -0.4 is 25.0 Å². The Hall–Kier alpha value is -5.19. The van der Waals surface area contributed by atoms with Crippen molar-refractivity contribution in [2.45, 2.75) is 81.6 Å². The SMILES string of the molecule is CNCc1c(C=O)ccc2c1OCC21CCN(CC2CCC3(CC2)CN(c2ccc(C4c5ccc(O)cc5OCC4c4ccccc4)cc2)C3)CC1.O=C1CCCC(=O)N1. The predicted molar refractivity (Wildman–Crippen MR) is 232 cm³/mol. The van der Waals surface area contributed by atoms with E-state index in [0.29, 0.717) is 37.8 Å². The van der Waals surface area contributed by atoms with Crippen molar-refractivity contribution < 1.29 is 29.0 Å². The highest BCUT2D eigenvalue weighted by molar-refractivity contribution is 5.97. The van der Waals surface area contributed by atoms with Gasteiger partial charge in [-0.05, 0) is 100 Å². The van der Waals surface area contributed by atoms with Gasteiger partial charge in [-0.25, -0.2) is 0 Å². The van der Waals surface area contributed by atoms with Gasteiger partial charge in [-0.3, -0.25) is 19.7 Å². The average Bonchev–Trinajstić information content (AvgIpc) is 3.62. The molecule has 1 saturated carbocycles. The normalized spacial score (nSPS) is 23.0. The Balaban J connectivity index is 0.000000520. The molecule has 4 aromatic carbocycles. The van der Waals surface area contributed by atoms with Crippen LogP contribution in [0.3, 0.4) is 0 Å². The number of ether oxygens (including phenoxy) is 2. The molecule has 0 aromatic heterocycles. The molecule has 4 fully saturated rings. The highest BCUT2D eigenvalue weighted by Gasteiger charge is 2.47. The fraction of sp³-hybridized carbons (Fsp3) is 0.460. The van der Waals surface area contributed by atoms with Gasteiger partial charge in [0.15, 0.2) is 6.29 Å². The Kier molecular flexibility index (Phi) is 11.4. The topological polar surface area (TPSA) is 120 Å². The number of amides is 2. The van der Waals surface area contributed by atoms with Gasteiger partial charge in [0.05, 0.1) is 13.2 Å². The summed E-state index contributed by atoms with van der Waals surface area (Å²) in [6, 6.07) is 29.7. The third-order valence-electron chi connectivity index (χ3n) is 14.5. The van der Waals surface area contributed by atoms with Crippen molar-refractivity contribution in [2.24, 2.45) is 11.3 Å². The van der Waals surface area contributed by atoms with Crippen molar-refractivity contribution in [3.05, 3.63) is 118 Å². The average molecular weight is 811 g/mol. The van der Waals surface area contributed by atoms with Gasteiger partial charge in [0.1, 0.15) is 17.2 Å². The summed E-state index contributed by atoms with van der Waals surface area (Å²) in [5.74, 6) is 2.88. The summed E-state index contributed by atoms with van der Waals surface area (Å²) in [4.78, 5) is 37.7. The van der Waals surface area contributed by atoms with Crippen LogP contribution in [-0.4, -0.2) is 81.1 Å². The van der Waals surface area contributed by atoms with Crippen LogP contribution in [0.4, 0.5) is 5.69 Å². The first-order valence-corrected chi connectivity index (χ1v) is 22.0. The number of carbonyl (C=O) groups is 3. The number of nitrogens with zero attached hydrogens (tertiary/aromatic N) is 2. The van der Waals surface area contributed by atoms with E-state index in [9.17, 15) is 19.5 Å². The predicted octanol–water partition coefficient (Wildman–Crippen LogP) is 7.47. The van der Waals surface area contributed by atoms with Crippen molar-refractivity contribution >= 4 is 23.8 Å². The Bertz CT molecular complexity index is 2170. The molecule has 2 amide bonds. The largest absolute Gasteiger partial charge is 0.508 e. The van der Waals surface area contributed by atoms with Gasteiger partial charge in [0.25, 0.3) is 0 Å². The maximum absolute atomic E-state index is 11.7. The van der Waals surface area contributed by atoms with Crippen LogP contribution in [0.1, 0.15) is 108 Å². The van der Waals surface area contributed by atoms with Crippen LogP contribution in [0.2, 0.25) is 0 Å². The van der Waals surface area contributed by atoms with E-state index in [1.807, 2.05) is 19.2 Å². The maximum atomic E-state index is 11.7. The molecular formula is C50H58N4O6. The molecular weight excluding hydrogens is 753 g/mol. The number of phenols is 1. The molecule has 314 valence electrons. The van der Waals surface area contributed by atoms with Crippen LogP contribution in [-0.2, 0) is 21.5 Å². The van der Waals surface area contributed by atoms with Crippen LogP contribution in [0.5, 0.6) is 17.2 Å². The fourth-order valence-corrected chi connectivity index (χ4v) is 11.0. The second-order valence-corrected chi connectivity index (χ2v) is 18.3. The van der Waals surface area contributed by atoms with E-state index in [1.165, 1.54) is 54.6 Å². The van der Waals surface area contributed by atoms with Crippen molar-refractivity contribution in [1.29, 1.82) is 0 Å². The summed E-state index contributed by atoms with van der Waals surface area (Å²) in [5.41, 5.74) is 8.66. The zero-order valence-corrected chi connectivity index (χ0v) is 34.8. The number of rotatable bonds is 8. The molecule has 3 saturated heterocycles.